The minimum atomic E-state index is -3.74. The molecule has 2 aromatic carbocycles. The Morgan fingerprint density at radius 1 is 1.11 bits per heavy atom. The number of nitrogen functional groups attached to an aromatic ring is 1. The van der Waals surface area contributed by atoms with Crippen molar-refractivity contribution in [1.82, 2.24) is 10.3 Å². The second-order valence-electron chi connectivity index (χ2n) is 7.96. The number of halogens is 1. The number of amides is 2. The van der Waals surface area contributed by atoms with Crippen molar-refractivity contribution in [2.24, 2.45) is 11.5 Å². The topological polar surface area (TPSA) is 182 Å². The number of ether oxygens (including phenoxy) is 1. The van der Waals surface area contributed by atoms with E-state index in [0.29, 0.717) is 16.8 Å². The second-order valence-corrected chi connectivity index (χ2v) is 10.3. The Morgan fingerprint density at radius 3 is 2.49 bits per heavy atom. The number of nitrogens with zero attached hydrogens (tertiary/aromatic N) is 2. The fraction of sp³-hybridized carbons (Fsp3) is 0.167. The van der Waals surface area contributed by atoms with Crippen molar-refractivity contribution in [2.45, 2.75) is 13.1 Å². The van der Waals surface area contributed by atoms with Crippen molar-refractivity contribution in [3.63, 3.8) is 0 Å². The van der Waals surface area contributed by atoms with Crippen LogP contribution < -0.4 is 25.8 Å². The summed E-state index contributed by atoms with van der Waals surface area (Å²) in [5, 5.41) is 10.5. The highest BCUT2D eigenvalue weighted by Crippen LogP contribution is 2.26. The van der Waals surface area contributed by atoms with Gasteiger partial charge in [-0.3, -0.25) is 24.3 Å². The van der Waals surface area contributed by atoms with E-state index in [1.54, 1.807) is 36.5 Å². The summed E-state index contributed by atoms with van der Waals surface area (Å²) in [6, 6.07) is 14.0. The van der Waals surface area contributed by atoms with Gasteiger partial charge in [0.1, 0.15) is 11.6 Å². The van der Waals surface area contributed by atoms with E-state index >= 15 is 0 Å². The van der Waals surface area contributed by atoms with E-state index in [4.69, 9.17) is 33.2 Å². The summed E-state index contributed by atoms with van der Waals surface area (Å²) in [7, 11) is -3.74. The van der Waals surface area contributed by atoms with E-state index in [-0.39, 0.29) is 40.9 Å². The molecule has 0 fully saturated rings. The zero-order chi connectivity index (χ0) is 27.2. The maximum Gasteiger partial charge on any atom is 0.255 e. The summed E-state index contributed by atoms with van der Waals surface area (Å²) in [6.07, 6.45) is 2.60. The molecule has 0 aliphatic rings. The van der Waals surface area contributed by atoms with Crippen LogP contribution in [-0.2, 0) is 27.9 Å². The van der Waals surface area contributed by atoms with Gasteiger partial charge < -0.3 is 21.5 Å². The lowest BCUT2D eigenvalue weighted by Gasteiger charge is -2.23. The highest BCUT2D eigenvalue weighted by Gasteiger charge is 2.21. The number of pyridine rings is 1. The van der Waals surface area contributed by atoms with Gasteiger partial charge in [-0.2, -0.15) is 0 Å². The van der Waals surface area contributed by atoms with Crippen molar-refractivity contribution in [3.05, 3.63) is 88.2 Å². The molecule has 0 saturated carbocycles. The van der Waals surface area contributed by atoms with E-state index in [0.717, 1.165) is 10.6 Å². The maximum atomic E-state index is 13.0. The quantitative estimate of drug-likeness (QED) is 0.209. The molecule has 0 spiro atoms. The fourth-order valence-corrected chi connectivity index (χ4v) is 4.40. The molecule has 0 aliphatic carbocycles. The maximum absolute atomic E-state index is 13.0. The smallest absolute Gasteiger partial charge is 0.255 e. The lowest BCUT2D eigenvalue weighted by Crippen LogP contribution is -2.30. The summed E-state index contributed by atoms with van der Waals surface area (Å²) >= 11 is 6.24. The second kappa shape index (κ2) is 11.7. The van der Waals surface area contributed by atoms with Crippen molar-refractivity contribution < 1.29 is 22.7 Å². The van der Waals surface area contributed by atoms with Crippen LogP contribution in [0.2, 0.25) is 5.02 Å². The van der Waals surface area contributed by atoms with E-state index in [1.165, 1.54) is 24.3 Å². The minimum Gasteiger partial charge on any atom is -0.483 e. The van der Waals surface area contributed by atoms with Crippen molar-refractivity contribution in [2.75, 3.05) is 17.2 Å². The molecule has 0 radical (unpaired) electrons. The minimum absolute atomic E-state index is 0.0172. The first-order valence-electron chi connectivity index (χ1n) is 10.8. The summed E-state index contributed by atoms with van der Waals surface area (Å²) in [4.78, 5) is 28.3. The van der Waals surface area contributed by atoms with Crippen molar-refractivity contribution >= 4 is 45.0 Å². The van der Waals surface area contributed by atoms with Crippen LogP contribution in [0.15, 0.2) is 60.8 Å². The van der Waals surface area contributed by atoms with Gasteiger partial charge in [0.25, 0.3) is 11.8 Å². The van der Waals surface area contributed by atoms with Gasteiger partial charge in [0.2, 0.25) is 10.0 Å². The average Bonchev–Trinajstić information content (AvgIpc) is 2.84. The Kier molecular flexibility index (Phi) is 8.69. The van der Waals surface area contributed by atoms with Crippen LogP contribution in [0.3, 0.4) is 0 Å². The molecule has 0 saturated heterocycles. The zero-order valence-electron chi connectivity index (χ0n) is 19.8. The summed E-state index contributed by atoms with van der Waals surface area (Å²) in [6.45, 7) is -0.474. The number of carbonyl (C=O) groups is 2. The molecule has 0 aliphatic heterocycles. The number of hydrogen-bond donors (Lipinski definition) is 4. The van der Waals surface area contributed by atoms with Crippen LogP contribution in [0.4, 0.5) is 5.69 Å². The van der Waals surface area contributed by atoms with Gasteiger partial charge in [0, 0.05) is 34.5 Å². The number of anilines is 1. The molecule has 1 aromatic heterocycles. The predicted molar refractivity (Wildman–Crippen MR) is 140 cm³/mol. The molecule has 0 unspecified atom stereocenters. The number of carbonyl (C=O) groups excluding carboxylic acids is 2. The van der Waals surface area contributed by atoms with E-state index in [2.05, 4.69) is 10.3 Å². The largest absolute Gasteiger partial charge is 0.483 e. The first-order chi connectivity index (χ1) is 17.4. The van der Waals surface area contributed by atoms with E-state index in [1.807, 2.05) is 0 Å². The van der Waals surface area contributed by atoms with Gasteiger partial charge in [-0.1, -0.05) is 29.8 Å². The predicted octanol–water partition coefficient (Wildman–Crippen LogP) is 1.78. The Morgan fingerprint density at radius 2 is 1.86 bits per heavy atom. The first-order valence-corrected chi connectivity index (χ1v) is 13.0. The molecule has 194 valence electrons. The normalized spacial score (nSPS) is 11.0. The number of aromatic nitrogens is 1. The van der Waals surface area contributed by atoms with Gasteiger partial charge in [0.15, 0.2) is 6.61 Å². The number of nitrogens with two attached hydrogens (primary N) is 2. The first kappa shape index (κ1) is 27.4. The van der Waals surface area contributed by atoms with Crippen LogP contribution in [-0.4, -0.2) is 43.9 Å². The average molecular weight is 545 g/mol. The number of primary amides is 1. The monoisotopic (exact) mass is 544 g/mol. The van der Waals surface area contributed by atoms with Gasteiger partial charge in [-0.15, -0.1) is 0 Å². The lowest BCUT2D eigenvalue weighted by atomic mass is 10.1. The number of nitrogens with one attached hydrogen (secondary N) is 2. The molecular formula is C24H25ClN6O5S. The third-order valence-electron chi connectivity index (χ3n) is 5.05. The fourth-order valence-electron chi connectivity index (χ4n) is 3.32. The molecule has 13 heteroatoms. The Bertz CT molecular complexity index is 1430. The van der Waals surface area contributed by atoms with Crippen LogP contribution in [0.5, 0.6) is 5.75 Å². The number of rotatable bonds is 11. The number of sulfonamides is 1. The van der Waals surface area contributed by atoms with E-state index < -0.39 is 28.4 Å². The molecule has 6 N–H and O–H groups in total. The number of amidine groups is 1. The highest BCUT2D eigenvalue weighted by atomic mass is 35.5. The van der Waals surface area contributed by atoms with E-state index in [9.17, 15) is 18.0 Å². The van der Waals surface area contributed by atoms with Crippen molar-refractivity contribution in [3.8, 4) is 5.75 Å². The molecule has 3 aromatic rings. The third kappa shape index (κ3) is 7.66. The number of benzene rings is 2. The molecule has 0 bridgehead atoms. The van der Waals surface area contributed by atoms with Gasteiger partial charge in [-0.05, 0) is 36.4 Å². The lowest BCUT2D eigenvalue weighted by molar-refractivity contribution is -0.119. The van der Waals surface area contributed by atoms with Gasteiger partial charge in [-0.25, -0.2) is 8.42 Å². The Labute approximate surface area is 218 Å². The third-order valence-corrected chi connectivity index (χ3v) is 6.41. The summed E-state index contributed by atoms with van der Waals surface area (Å²) in [5.41, 5.74) is 12.4. The zero-order valence-corrected chi connectivity index (χ0v) is 21.3. The molecule has 0 atom stereocenters. The Hall–Kier alpha value is -4.16. The van der Waals surface area contributed by atoms with Crippen LogP contribution >= 0.6 is 11.6 Å². The molecular weight excluding hydrogens is 520 g/mol. The summed E-state index contributed by atoms with van der Waals surface area (Å²) in [5.74, 6) is -1.22. The molecule has 11 nitrogen and oxygen atoms in total. The highest BCUT2D eigenvalue weighted by molar-refractivity contribution is 7.92. The molecule has 37 heavy (non-hydrogen) atoms. The molecule has 2 amide bonds. The van der Waals surface area contributed by atoms with Crippen LogP contribution in [0, 0.1) is 5.41 Å². The van der Waals surface area contributed by atoms with Crippen LogP contribution in [0.25, 0.3) is 0 Å². The molecule has 3 rings (SSSR count). The molecule has 1 heterocycles. The van der Waals surface area contributed by atoms with Crippen LogP contribution in [0.1, 0.15) is 27.2 Å². The Balaban J connectivity index is 1.85. The van der Waals surface area contributed by atoms with Crippen molar-refractivity contribution in [1.29, 1.82) is 5.41 Å². The standard InChI is InChI=1S/C24H25ClN6O5S/c1-37(34,35)31(13-19-4-2-3-7-29-19)20-9-17(8-18(25)11-20)24(33)30-12-16-6-5-15(23(27)28)10-21(16)36-14-22(26)32/h2-11H,12-14H2,1H3,(H2,26,32)(H3,27,28)(H,30,33). The van der Waals surface area contributed by atoms with Gasteiger partial charge >= 0.3 is 0 Å². The number of hydrogen-bond acceptors (Lipinski definition) is 7. The van der Waals surface area contributed by atoms with Gasteiger partial charge in [0.05, 0.1) is 24.2 Å². The SMILES string of the molecule is CS(=O)(=O)N(Cc1ccccn1)c1cc(Cl)cc(C(=O)NCc2ccc(C(=N)N)cc2OCC(N)=O)c1. The summed E-state index contributed by atoms with van der Waals surface area (Å²) < 4.78 is 31.6.